The van der Waals surface area contributed by atoms with Crippen LogP contribution in [-0.4, -0.2) is 0 Å². The van der Waals surface area contributed by atoms with Crippen molar-refractivity contribution in [3.8, 4) is 44.5 Å². The van der Waals surface area contributed by atoms with Gasteiger partial charge in [-0.3, -0.25) is 0 Å². The first kappa shape index (κ1) is 17.9. The number of nitrogens with zero attached hydrogens (tertiary/aromatic N) is 1. The van der Waals surface area contributed by atoms with Crippen LogP contribution in [0.5, 0.6) is 0 Å². The largest absolute Gasteiger partial charge is 0.310 e. The first-order valence-corrected chi connectivity index (χ1v) is 21.4. The van der Waals surface area contributed by atoms with Crippen LogP contribution in [-0.2, 0) is 10.8 Å². The van der Waals surface area contributed by atoms with Gasteiger partial charge in [0.05, 0.1) is 53.6 Å². The molecule has 0 fully saturated rings. The molecule has 12 aromatic carbocycles. The minimum Gasteiger partial charge on any atom is -0.310 e. The van der Waals surface area contributed by atoms with Gasteiger partial charge in [-0.05, 0) is 152 Å². The molecule has 3 aliphatic carbocycles. The predicted molar refractivity (Wildman–Crippen MR) is 290 cm³/mol. The fourth-order valence-electron chi connectivity index (χ4n) is 10.5. The normalized spacial score (nSPS) is 24.3. The molecule has 0 radical (unpaired) electrons. The molecule has 0 aromatic heterocycles. The summed E-state index contributed by atoms with van der Waals surface area (Å²) in [7, 11) is 0. The van der Waals surface area contributed by atoms with Gasteiger partial charge < -0.3 is 4.90 Å². The molecule has 0 saturated carbocycles. The van der Waals surface area contributed by atoms with Gasteiger partial charge in [0.15, 0.2) is 0 Å². The summed E-state index contributed by atoms with van der Waals surface area (Å²) < 4.78 is 338. The van der Waals surface area contributed by atoms with Gasteiger partial charge in [-0.15, -0.1) is 0 Å². The summed E-state index contributed by atoms with van der Waals surface area (Å²) in [4.78, 5) is 0.471. The van der Waals surface area contributed by atoms with Crippen LogP contribution in [0, 0.1) is 0 Å². The van der Waals surface area contributed by atoms with Crippen molar-refractivity contribution in [2.24, 2.45) is 0 Å². The van der Waals surface area contributed by atoms with E-state index in [-0.39, 0.29) is 22.1 Å². The van der Waals surface area contributed by atoms with Crippen molar-refractivity contribution < 1.29 is 48.0 Å². The van der Waals surface area contributed by atoms with E-state index in [2.05, 4.69) is 0 Å². The molecule has 0 aliphatic heterocycles. The van der Waals surface area contributed by atoms with Crippen LogP contribution in [0.1, 0.15) is 95.1 Å². The van der Waals surface area contributed by atoms with Gasteiger partial charge >= 0.3 is 0 Å². The van der Waals surface area contributed by atoms with E-state index in [1.165, 1.54) is 18.2 Å². The van der Waals surface area contributed by atoms with Crippen molar-refractivity contribution in [3.63, 3.8) is 0 Å². The Labute approximate surface area is 451 Å². The Bertz CT molecular complexity index is 6160. The average molecular weight is 911 g/mol. The summed E-state index contributed by atoms with van der Waals surface area (Å²) in [6, 6.07) is -20.5. The third-order valence-electron chi connectivity index (χ3n) is 13.4. The third-order valence-corrected chi connectivity index (χ3v) is 13.4. The molecular weight excluding hydrogens is 831 g/mol. The lowest BCUT2D eigenvalue weighted by atomic mass is 9.70. The Morgan fingerprint density at radius 1 is 0.348 bits per heavy atom. The number of hydrogen-bond acceptors (Lipinski definition) is 1. The Hall–Kier alpha value is -8.52. The monoisotopic (exact) mass is 911 g/mol. The first-order chi connectivity index (χ1) is 48.7. The topological polar surface area (TPSA) is 3.24 Å². The second kappa shape index (κ2) is 14.0. The smallest absolute Gasteiger partial charge is 0.0726 e. The highest BCUT2D eigenvalue weighted by atomic mass is 15.1. The van der Waals surface area contributed by atoms with Crippen molar-refractivity contribution in [1.29, 1.82) is 0 Å². The maximum atomic E-state index is 11.3. The summed E-state index contributed by atoms with van der Waals surface area (Å²) in [5.41, 5.74) is -17.0. The Kier molecular flexibility index (Phi) is 3.63. The zero-order chi connectivity index (χ0) is 75.8. The fourth-order valence-corrected chi connectivity index (χ4v) is 10.5. The standard InChI is InChI=1S/C68H45N/c1-67(2)60-30-13-9-28-54(60)58-38-43(35-37-61(58)67)69(44-34-36-55-53-27-12-16-33-64(53)68(65(55)39-44)62-31-14-10-25-51(62)52-26-11-15-32-63(52)68)66-41-57-50-24-8-6-22-48(50)47-21-5-7-23-49(47)56(57)40-59(66)46-29-17-19-42-18-3-4-20-45(42)46/h3-41H,1-2H3/i1D,2D3,3D,4D,6D,7D,8D,9D,10D,11D,12D,14D,17D,18D,19D,20D,22D,23D,24D,25D,26D,27D,28D,29D,31D,34D,35D,36D,37D,38D,39D,40D,41D. The van der Waals surface area contributed by atoms with Crippen molar-refractivity contribution in [3.05, 3.63) is 269 Å². The molecule has 0 saturated heterocycles. The highest BCUT2D eigenvalue weighted by Crippen LogP contribution is 2.64. The van der Waals surface area contributed by atoms with Gasteiger partial charge in [0.1, 0.15) is 0 Å². The highest BCUT2D eigenvalue weighted by Gasteiger charge is 2.51. The molecule has 15 rings (SSSR count). The molecule has 2 unspecified atom stereocenters. The number of rotatable bonds is 4. The second-order valence-electron chi connectivity index (χ2n) is 16.7. The van der Waals surface area contributed by atoms with Crippen LogP contribution in [0.3, 0.4) is 0 Å². The molecule has 12 aromatic rings. The van der Waals surface area contributed by atoms with E-state index in [0.29, 0.717) is 4.90 Å². The molecule has 1 nitrogen and oxygen atoms in total. The molecule has 322 valence electrons. The van der Waals surface area contributed by atoms with Gasteiger partial charge in [0.25, 0.3) is 0 Å². The van der Waals surface area contributed by atoms with E-state index < -0.39 is 328 Å². The van der Waals surface area contributed by atoms with Gasteiger partial charge in [-0.2, -0.15) is 0 Å². The Morgan fingerprint density at radius 2 is 0.899 bits per heavy atom. The van der Waals surface area contributed by atoms with Gasteiger partial charge in [-0.25, -0.2) is 0 Å². The highest BCUT2D eigenvalue weighted by molar-refractivity contribution is 6.27. The molecule has 1 heteroatoms. The van der Waals surface area contributed by atoms with E-state index in [1.54, 1.807) is 0 Å². The zero-order valence-electron chi connectivity index (χ0n) is 70.3. The molecule has 0 N–H and O–H groups in total. The minimum absolute atomic E-state index is 0.220. The molecule has 0 heterocycles. The Morgan fingerprint density at radius 3 is 1.70 bits per heavy atom. The molecule has 2 atom stereocenters. The SMILES string of the molecule is [2H]CC1(C([2H])([2H])[2H])c2ccc([2H])c([2H])c2-c2c([2H])c(N(c3c([2H])c([2H])c4c(c3[2H])C3(c5ccc([2H])c([2H])c5-c5c([2H])c([2H])c([2H])c([2H])c53)c3ccc([2H])c([2H])c3-4)c3c(-c4c([2H])c([2H])c([2H])c5c([2H])c([2H])c([2H])c([2H])c45)c([2H])c4c5c([2H])c([2H])ccc5c5c([2H])c([2H])c([2H])c([2H])c5c4c3[2H])c([2H])c([2H])c21. The number of hydrogen-bond donors (Lipinski definition) is 0. The quantitative estimate of drug-likeness (QED) is 0.159. The lowest BCUT2D eigenvalue weighted by Crippen LogP contribution is -2.26. The molecule has 69 heavy (non-hydrogen) atoms. The molecule has 0 amide bonds. The van der Waals surface area contributed by atoms with Crippen molar-refractivity contribution in [2.45, 2.75) is 24.6 Å². The molecule has 3 aliphatic rings. The second-order valence-corrected chi connectivity index (χ2v) is 16.7. The van der Waals surface area contributed by atoms with Gasteiger partial charge in [-0.1, -0.05) is 213 Å². The summed E-state index contributed by atoms with van der Waals surface area (Å²) in [6.07, 6.45) is 0. The predicted octanol–water partition coefficient (Wildman–Crippen LogP) is 18.1. The van der Waals surface area contributed by atoms with Gasteiger partial charge in [0, 0.05) is 27.8 Å². The number of fused-ring (bicyclic) bond motifs is 20. The maximum absolute atomic E-state index is 11.3. The lowest BCUT2D eigenvalue weighted by Gasteiger charge is -2.33. The summed E-state index contributed by atoms with van der Waals surface area (Å²) in [5.74, 6) is 0. The maximum Gasteiger partial charge on any atom is 0.0726 e. The summed E-state index contributed by atoms with van der Waals surface area (Å²) >= 11 is 0. The van der Waals surface area contributed by atoms with Crippen LogP contribution < -0.4 is 4.90 Å². The lowest BCUT2D eigenvalue weighted by molar-refractivity contribution is 0.660. The van der Waals surface area contributed by atoms with Crippen molar-refractivity contribution in [2.75, 3.05) is 4.90 Å². The van der Waals surface area contributed by atoms with Crippen LogP contribution in [0.4, 0.5) is 17.1 Å². The van der Waals surface area contributed by atoms with E-state index in [0.717, 1.165) is 30.3 Å². The minimum atomic E-state index is -3.44. The van der Waals surface area contributed by atoms with Crippen LogP contribution in [0.2, 0.25) is 0 Å². The van der Waals surface area contributed by atoms with Crippen LogP contribution in [0.25, 0.3) is 87.6 Å². The number of benzene rings is 12. The van der Waals surface area contributed by atoms with Crippen molar-refractivity contribution >= 4 is 60.2 Å². The van der Waals surface area contributed by atoms with Crippen molar-refractivity contribution in [1.82, 2.24) is 0 Å². The summed E-state index contributed by atoms with van der Waals surface area (Å²) in [5, 5.41) is -5.15. The molecular formula is C68H45N. The molecule has 1 spiro atoms. The van der Waals surface area contributed by atoms with Gasteiger partial charge in [0.2, 0.25) is 0 Å². The van der Waals surface area contributed by atoms with Crippen LogP contribution in [0.15, 0.2) is 236 Å². The van der Waals surface area contributed by atoms with Crippen LogP contribution >= 0.6 is 0 Å². The average Bonchev–Trinajstić information content (AvgIpc) is 1.46. The fraction of sp³-hybridized carbons (Fsp3) is 0.0588. The zero-order valence-corrected chi connectivity index (χ0v) is 35.3. The molecule has 0 bridgehead atoms. The first-order valence-electron chi connectivity index (χ1n) is 39.1. The Balaban J connectivity index is 1.30. The van der Waals surface area contributed by atoms with E-state index in [4.69, 9.17) is 16.4 Å². The third kappa shape index (κ3) is 5.09. The van der Waals surface area contributed by atoms with E-state index in [1.807, 2.05) is 0 Å². The van der Waals surface area contributed by atoms with E-state index >= 15 is 0 Å². The van der Waals surface area contributed by atoms with E-state index in [9.17, 15) is 31.5 Å². The summed E-state index contributed by atoms with van der Waals surface area (Å²) in [6.45, 7) is -4.64. The number of anilines is 3.